The van der Waals surface area contributed by atoms with Crippen LogP contribution < -0.4 is 15.8 Å². The molecule has 0 saturated heterocycles. The van der Waals surface area contributed by atoms with Crippen LogP contribution in [0.3, 0.4) is 0 Å². The topological polar surface area (TPSA) is 68.8 Å². The number of methoxy groups -OCH3 is 1. The summed E-state index contributed by atoms with van der Waals surface area (Å²) in [4.78, 5) is 16.3. The Bertz CT molecular complexity index is 1120. The van der Waals surface area contributed by atoms with Gasteiger partial charge in [-0.05, 0) is 41.3 Å². The second-order valence-corrected chi connectivity index (χ2v) is 7.16. The number of aromatic nitrogens is 1. The minimum Gasteiger partial charge on any atom is -0.497 e. The van der Waals surface area contributed by atoms with Gasteiger partial charge in [-0.25, -0.2) is 14.4 Å². The molecule has 2 heterocycles. The van der Waals surface area contributed by atoms with Gasteiger partial charge in [0, 0.05) is 32.1 Å². The van der Waals surface area contributed by atoms with Gasteiger partial charge in [0.05, 0.1) is 13.3 Å². The van der Waals surface area contributed by atoms with Gasteiger partial charge in [-0.2, -0.15) is 0 Å². The molecule has 1 aromatic heterocycles. The first-order chi connectivity index (χ1) is 14.7. The van der Waals surface area contributed by atoms with Crippen molar-refractivity contribution in [2.75, 3.05) is 13.7 Å². The van der Waals surface area contributed by atoms with Crippen LogP contribution >= 0.6 is 0 Å². The lowest BCUT2D eigenvalue weighted by molar-refractivity contribution is 0.415. The highest BCUT2D eigenvalue weighted by Crippen LogP contribution is 2.24. The molecule has 0 radical (unpaired) electrons. The van der Waals surface area contributed by atoms with E-state index >= 15 is 0 Å². The van der Waals surface area contributed by atoms with E-state index in [1.165, 1.54) is 10.1 Å². The van der Waals surface area contributed by atoms with Crippen molar-refractivity contribution in [3.63, 3.8) is 0 Å². The zero-order valence-electron chi connectivity index (χ0n) is 17.0. The van der Waals surface area contributed by atoms with Gasteiger partial charge < -0.3 is 14.5 Å². The molecule has 3 aromatic rings. The Balaban J connectivity index is 1.33. The van der Waals surface area contributed by atoms with Crippen molar-refractivity contribution >= 4 is 5.84 Å². The van der Waals surface area contributed by atoms with Crippen LogP contribution in [0.25, 0.3) is 11.1 Å². The molecule has 1 aliphatic rings. The molecule has 0 amide bonds. The van der Waals surface area contributed by atoms with Gasteiger partial charge in [0.15, 0.2) is 0 Å². The first kappa shape index (κ1) is 19.9. The lowest BCUT2D eigenvalue weighted by atomic mass is 10.0. The number of ether oxygens (including phenoxy) is 1. The second-order valence-electron chi connectivity index (χ2n) is 7.16. The van der Waals surface area contributed by atoms with Crippen LogP contribution in [0.15, 0.2) is 81.2 Å². The minimum atomic E-state index is -0.370. The molecule has 2 aromatic carbocycles. The predicted octanol–water partition coefficient (Wildman–Crippen LogP) is 4.00. The van der Waals surface area contributed by atoms with Crippen molar-refractivity contribution in [1.82, 2.24) is 9.88 Å². The molecular weight excluding hydrogens is 378 g/mol. The van der Waals surface area contributed by atoms with Gasteiger partial charge in [0.1, 0.15) is 17.3 Å². The standard InChI is InChI=1S/C24H25N3O3/c1-29-21-9-5-8-20(15-21)19-7-4-6-18(14-19)16-25-13-11-22-17-27(24(28)30-22)23-10-2-3-12-26-23/h3-9,12,14-15,17,25H,2,10-11,13,16H2,1H3. The zero-order chi connectivity index (χ0) is 20.8. The zero-order valence-corrected chi connectivity index (χ0v) is 17.0. The van der Waals surface area contributed by atoms with E-state index in [-0.39, 0.29) is 5.76 Å². The number of oxazole rings is 1. The van der Waals surface area contributed by atoms with Crippen molar-refractivity contribution in [2.45, 2.75) is 25.8 Å². The molecule has 4 rings (SSSR count). The third kappa shape index (κ3) is 4.78. The Hall–Kier alpha value is -3.38. The number of hydrogen-bond acceptors (Lipinski definition) is 5. The molecule has 1 aliphatic heterocycles. The highest BCUT2D eigenvalue weighted by Gasteiger charge is 2.12. The maximum Gasteiger partial charge on any atom is 0.424 e. The van der Waals surface area contributed by atoms with Crippen molar-refractivity contribution in [3.8, 4) is 16.9 Å². The van der Waals surface area contributed by atoms with E-state index in [0.717, 1.165) is 42.1 Å². The highest BCUT2D eigenvalue weighted by molar-refractivity contribution is 5.85. The summed E-state index contributed by atoms with van der Waals surface area (Å²) in [5, 5.41) is 3.42. The van der Waals surface area contributed by atoms with E-state index in [0.29, 0.717) is 18.7 Å². The molecule has 0 aliphatic carbocycles. The smallest absolute Gasteiger partial charge is 0.424 e. The van der Waals surface area contributed by atoms with Crippen LogP contribution in [0.4, 0.5) is 0 Å². The predicted molar refractivity (Wildman–Crippen MR) is 118 cm³/mol. The number of hydrogen-bond donors (Lipinski definition) is 1. The van der Waals surface area contributed by atoms with Crippen molar-refractivity contribution in [3.05, 3.63) is 88.9 Å². The largest absolute Gasteiger partial charge is 0.497 e. The van der Waals surface area contributed by atoms with E-state index in [2.05, 4.69) is 40.6 Å². The van der Waals surface area contributed by atoms with E-state index in [4.69, 9.17) is 9.15 Å². The Morgan fingerprint density at radius 3 is 2.80 bits per heavy atom. The average Bonchev–Trinajstić information content (AvgIpc) is 3.18. The summed E-state index contributed by atoms with van der Waals surface area (Å²) >= 11 is 0. The molecular formula is C24H25N3O3. The fourth-order valence-electron chi connectivity index (χ4n) is 3.46. The summed E-state index contributed by atoms with van der Waals surface area (Å²) in [5.74, 6) is 1.87. The SMILES string of the molecule is COc1cccc(-c2cccc(CNCCc3cn(C4=NC=CCC4)c(=O)o3)c2)c1. The first-order valence-electron chi connectivity index (χ1n) is 10.1. The summed E-state index contributed by atoms with van der Waals surface area (Å²) < 4.78 is 12.2. The Morgan fingerprint density at radius 1 is 1.17 bits per heavy atom. The lowest BCUT2D eigenvalue weighted by Gasteiger charge is -2.08. The summed E-state index contributed by atoms with van der Waals surface area (Å²) in [6.07, 6.45) is 7.76. The van der Waals surface area contributed by atoms with Gasteiger partial charge in [0.2, 0.25) is 0 Å². The number of rotatable bonds is 7. The Kier molecular flexibility index (Phi) is 6.25. The second kappa shape index (κ2) is 9.41. The van der Waals surface area contributed by atoms with Crippen molar-refractivity contribution in [1.29, 1.82) is 0 Å². The third-order valence-electron chi connectivity index (χ3n) is 5.04. The fourth-order valence-corrected chi connectivity index (χ4v) is 3.46. The maximum atomic E-state index is 12.1. The van der Waals surface area contributed by atoms with Crippen LogP contribution in [-0.4, -0.2) is 24.1 Å². The van der Waals surface area contributed by atoms with E-state index in [1.54, 1.807) is 19.5 Å². The number of aliphatic imine (C=N–C) groups is 1. The molecule has 154 valence electrons. The van der Waals surface area contributed by atoms with Crippen LogP contribution in [0, 0.1) is 0 Å². The maximum absolute atomic E-state index is 12.1. The molecule has 0 bridgehead atoms. The highest BCUT2D eigenvalue weighted by atomic mass is 16.5. The number of nitrogens with zero attached hydrogens (tertiary/aromatic N) is 2. The van der Waals surface area contributed by atoms with E-state index < -0.39 is 0 Å². The summed E-state index contributed by atoms with van der Waals surface area (Å²) in [6.45, 7) is 1.45. The molecule has 0 spiro atoms. The third-order valence-corrected chi connectivity index (χ3v) is 5.04. The average molecular weight is 403 g/mol. The normalized spacial score (nSPS) is 13.3. The molecule has 0 atom stereocenters. The summed E-state index contributed by atoms with van der Waals surface area (Å²) in [7, 11) is 1.68. The summed E-state index contributed by atoms with van der Waals surface area (Å²) in [5.41, 5.74) is 3.47. The van der Waals surface area contributed by atoms with Crippen molar-refractivity contribution < 1.29 is 9.15 Å². The lowest BCUT2D eigenvalue weighted by Crippen LogP contribution is -2.22. The van der Waals surface area contributed by atoms with Gasteiger partial charge in [-0.15, -0.1) is 0 Å². The first-order valence-corrected chi connectivity index (χ1v) is 10.1. The van der Waals surface area contributed by atoms with Gasteiger partial charge in [0.25, 0.3) is 0 Å². The number of benzene rings is 2. The monoisotopic (exact) mass is 403 g/mol. The Labute approximate surface area is 175 Å². The van der Waals surface area contributed by atoms with Gasteiger partial charge in [-0.1, -0.05) is 36.4 Å². The van der Waals surface area contributed by atoms with Crippen molar-refractivity contribution in [2.24, 2.45) is 4.99 Å². The van der Waals surface area contributed by atoms with Gasteiger partial charge >= 0.3 is 5.76 Å². The summed E-state index contributed by atoms with van der Waals surface area (Å²) in [6, 6.07) is 16.5. The number of allylic oxidation sites excluding steroid dienone is 1. The molecule has 30 heavy (non-hydrogen) atoms. The molecule has 6 nitrogen and oxygen atoms in total. The van der Waals surface area contributed by atoms with E-state index in [9.17, 15) is 4.79 Å². The van der Waals surface area contributed by atoms with E-state index in [1.807, 2.05) is 24.3 Å². The van der Waals surface area contributed by atoms with Gasteiger partial charge in [-0.3, -0.25) is 0 Å². The van der Waals surface area contributed by atoms with Crippen LogP contribution in [0.2, 0.25) is 0 Å². The molecule has 1 N–H and O–H groups in total. The molecule has 6 heteroatoms. The van der Waals surface area contributed by atoms with Crippen LogP contribution in [0.1, 0.15) is 24.2 Å². The number of nitrogens with one attached hydrogen (secondary N) is 1. The quantitative estimate of drug-likeness (QED) is 0.606. The molecule has 0 fully saturated rings. The molecule has 0 unspecified atom stereocenters. The minimum absolute atomic E-state index is 0.370. The van der Waals surface area contributed by atoms with Crippen LogP contribution in [0.5, 0.6) is 5.75 Å². The van der Waals surface area contributed by atoms with Crippen LogP contribution in [-0.2, 0) is 13.0 Å². The fraction of sp³-hybridized carbons (Fsp3) is 0.250. The molecule has 0 saturated carbocycles. The Morgan fingerprint density at radius 2 is 2.00 bits per heavy atom.